The number of amides is 1. The van der Waals surface area contributed by atoms with Gasteiger partial charge in [-0.25, -0.2) is 14.4 Å². The Kier molecular flexibility index (Phi) is 10.7. The van der Waals surface area contributed by atoms with E-state index in [0.717, 1.165) is 19.3 Å². The van der Waals surface area contributed by atoms with E-state index in [4.69, 9.17) is 28.1 Å². The van der Waals surface area contributed by atoms with E-state index in [1.54, 1.807) is 18.2 Å². The molecule has 0 spiro atoms. The highest BCUT2D eigenvalue weighted by atomic mass is 19.3. The van der Waals surface area contributed by atoms with Gasteiger partial charge in [0, 0.05) is 25.2 Å². The molecule has 2 aromatic rings. The van der Waals surface area contributed by atoms with Crippen molar-refractivity contribution in [2.45, 2.75) is 128 Å². The Labute approximate surface area is 333 Å². The first-order valence-corrected chi connectivity index (χ1v) is 18.9. The van der Waals surface area contributed by atoms with Crippen LogP contribution in [0.5, 0.6) is 0 Å². The lowest BCUT2D eigenvalue weighted by Crippen LogP contribution is -2.81. The molecule has 4 N–H and O–H groups in total. The van der Waals surface area contributed by atoms with Crippen molar-refractivity contribution in [1.29, 1.82) is 0 Å². The third-order valence-electron chi connectivity index (χ3n) is 12.3. The van der Waals surface area contributed by atoms with Crippen molar-refractivity contribution in [1.82, 2.24) is 5.32 Å². The fourth-order valence-corrected chi connectivity index (χ4v) is 9.32. The van der Waals surface area contributed by atoms with Gasteiger partial charge in [-0.3, -0.25) is 9.59 Å². The van der Waals surface area contributed by atoms with E-state index in [0.29, 0.717) is 0 Å². The number of esters is 3. The zero-order valence-corrected chi connectivity index (χ0v) is 33.4. The van der Waals surface area contributed by atoms with Crippen LogP contribution >= 0.6 is 0 Å². The van der Waals surface area contributed by atoms with Gasteiger partial charge in [0.2, 0.25) is 0 Å². The van der Waals surface area contributed by atoms with Gasteiger partial charge < -0.3 is 48.7 Å². The van der Waals surface area contributed by atoms with Gasteiger partial charge >= 0.3 is 29.9 Å². The molecule has 17 heteroatoms. The molecule has 4 aliphatic rings. The maximum atomic E-state index is 16.4. The zero-order chi connectivity index (χ0) is 43.0. The molecule has 0 unspecified atom stereocenters. The topological polar surface area (TPSA) is 217 Å². The summed E-state index contributed by atoms with van der Waals surface area (Å²) in [5.41, 5.74) is -9.69. The molecular formula is C41H49F2NO14. The molecule has 2 bridgehead atoms. The highest BCUT2D eigenvalue weighted by molar-refractivity contribution is 5.94. The first kappa shape index (κ1) is 42.9. The van der Waals surface area contributed by atoms with Crippen LogP contribution in [0.1, 0.15) is 90.4 Å². The van der Waals surface area contributed by atoms with Gasteiger partial charge in [-0.2, -0.15) is 8.78 Å². The number of carbonyl (C=O) groups excluding carboxylic acids is 5. The van der Waals surface area contributed by atoms with Crippen LogP contribution in [0.25, 0.3) is 0 Å². The summed E-state index contributed by atoms with van der Waals surface area (Å²) in [6.45, 7) is 10.7. The Morgan fingerprint density at radius 1 is 1.00 bits per heavy atom. The number of ketones is 1. The summed E-state index contributed by atoms with van der Waals surface area (Å²) in [6, 6.07) is 7.47. The van der Waals surface area contributed by atoms with E-state index in [9.17, 15) is 39.3 Å². The van der Waals surface area contributed by atoms with Crippen LogP contribution in [0.3, 0.4) is 0 Å². The fraction of sp³-hybridized carbons (Fsp3) is 0.585. The Balaban J connectivity index is 1.50. The molecular weight excluding hydrogens is 768 g/mol. The second kappa shape index (κ2) is 14.5. The summed E-state index contributed by atoms with van der Waals surface area (Å²) in [5, 5.41) is 39.2. The van der Waals surface area contributed by atoms with Gasteiger partial charge in [-0.1, -0.05) is 32.0 Å². The molecule has 10 atom stereocenters. The lowest BCUT2D eigenvalue weighted by Gasteiger charge is -2.67. The average Bonchev–Trinajstić information content (AvgIpc) is 3.66. The number of hydrogen-bond donors (Lipinski definition) is 4. The van der Waals surface area contributed by atoms with Gasteiger partial charge in [-0.05, 0) is 70.0 Å². The highest BCUT2D eigenvalue weighted by Gasteiger charge is 2.78. The Morgan fingerprint density at radius 3 is 2.21 bits per heavy atom. The number of nitrogens with one attached hydrogen (secondary N) is 1. The van der Waals surface area contributed by atoms with Crippen molar-refractivity contribution in [2.24, 2.45) is 16.7 Å². The summed E-state index contributed by atoms with van der Waals surface area (Å²) < 4.78 is 66.6. The Bertz CT molecular complexity index is 1990. The van der Waals surface area contributed by atoms with Crippen LogP contribution in [0, 0.1) is 16.7 Å². The predicted molar refractivity (Wildman–Crippen MR) is 195 cm³/mol. The van der Waals surface area contributed by atoms with E-state index in [1.165, 1.54) is 66.7 Å². The minimum absolute atomic E-state index is 0.00478. The van der Waals surface area contributed by atoms with E-state index >= 15 is 8.78 Å². The molecule has 6 rings (SSSR count). The fourth-order valence-electron chi connectivity index (χ4n) is 9.32. The third-order valence-corrected chi connectivity index (χ3v) is 12.3. The van der Waals surface area contributed by atoms with Crippen molar-refractivity contribution in [3.05, 3.63) is 71.2 Å². The first-order valence-electron chi connectivity index (χ1n) is 18.9. The van der Waals surface area contributed by atoms with E-state index in [-0.39, 0.29) is 29.7 Å². The van der Waals surface area contributed by atoms with Crippen LogP contribution < -0.4 is 5.32 Å². The SMILES string of the molecule is CC(=O)O[C@@]12CO[C@@H]1C[C@H](O)[C@@]1(C)C(=O)[C@H](O)C3=C(C)[C@@H](OC(=O)C(F)(F)[C@H](NC(=O)OC(C)(C)C)c4ccco4)C[C@@](O)([C@@H](OC(=O)c4ccccc4)[C@H]21)C3(C)C. The van der Waals surface area contributed by atoms with Crippen molar-refractivity contribution >= 4 is 29.8 Å². The number of Topliss-reactive ketones (excluding diaryl/α,β-unsaturated/α-hetero) is 1. The number of halogens is 2. The number of alkyl halides is 2. The molecule has 1 aromatic heterocycles. The van der Waals surface area contributed by atoms with Gasteiger partial charge in [-0.15, -0.1) is 0 Å². The number of benzene rings is 1. The minimum Gasteiger partial charge on any atom is -0.467 e. The summed E-state index contributed by atoms with van der Waals surface area (Å²) in [7, 11) is 0. The lowest BCUT2D eigenvalue weighted by molar-refractivity contribution is -0.346. The van der Waals surface area contributed by atoms with E-state index in [2.05, 4.69) is 0 Å². The van der Waals surface area contributed by atoms with E-state index in [1.807, 2.05) is 5.32 Å². The predicted octanol–water partition coefficient (Wildman–Crippen LogP) is 4.13. The van der Waals surface area contributed by atoms with Crippen LogP contribution in [0.2, 0.25) is 0 Å². The number of rotatable bonds is 8. The molecule has 1 aromatic carbocycles. The Morgan fingerprint density at radius 2 is 1.66 bits per heavy atom. The molecule has 1 amide bonds. The summed E-state index contributed by atoms with van der Waals surface area (Å²) in [6.07, 6.45) is -9.89. The summed E-state index contributed by atoms with van der Waals surface area (Å²) in [4.78, 5) is 68.3. The molecule has 1 saturated heterocycles. The molecule has 3 fully saturated rings. The quantitative estimate of drug-likeness (QED) is 0.168. The minimum atomic E-state index is -4.58. The third kappa shape index (κ3) is 6.78. The number of hydrogen-bond acceptors (Lipinski definition) is 14. The van der Waals surface area contributed by atoms with Gasteiger partial charge in [0.15, 0.2) is 17.4 Å². The number of aliphatic hydroxyl groups is 3. The number of ether oxygens (including phenoxy) is 5. The van der Waals surface area contributed by atoms with Crippen molar-refractivity contribution in [3.63, 3.8) is 0 Å². The standard InChI is InChI=1S/C41H49F2NO14/c1-20-24(55-34(50)41(42,43)30(23-15-12-16-53-23)44-35(51)58-36(3,4)5)18-40(52)32(56-33(49)22-13-10-9-11-14-22)29-38(8,31(48)28(47)27(20)37(40,6)7)25(46)17-26-39(29,19-54-26)57-21(2)45/h9-16,24-26,28-30,32,46-47,52H,17-19H2,1-8H3,(H,44,51)/t24-,25-,26+,28+,29-,30+,32-,38+,39-,40+/m0/s1. The monoisotopic (exact) mass is 817 g/mol. The summed E-state index contributed by atoms with van der Waals surface area (Å²) in [5.74, 6) is -11.8. The maximum absolute atomic E-state index is 16.4. The molecule has 3 aliphatic carbocycles. The number of aliphatic hydroxyl groups excluding tert-OH is 2. The zero-order valence-electron chi connectivity index (χ0n) is 33.4. The second-order valence-electron chi connectivity index (χ2n) is 17.3. The van der Waals surface area contributed by atoms with Crippen LogP contribution in [0.4, 0.5) is 13.6 Å². The number of carbonyl (C=O) groups is 5. The van der Waals surface area contributed by atoms with Crippen molar-refractivity contribution in [2.75, 3.05) is 6.61 Å². The smallest absolute Gasteiger partial charge is 0.408 e. The average molecular weight is 818 g/mol. The van der Waals surface area contributed by atoms with Crippen LogP contribution in [0.15, 0.2) is 64.3 Å². The highest BCUT2D eigenvalue weighted by Crippen LogP contribution is 2.64. The summed E-state index contributed by atoms with van der Waals surface area (Å²) >= 11 is 0. The van der Waals surface area contributed by atoms with Crippen LogP contribution in [-0.4, -0.2) is 105 Å². The number of fused-ring (bicyclic) bond motifs is 5. The van der Waals surface area contributed by atoms with E-state index < -0.39 is 118 Å². The molecule has 1 aliphatic heterocycles. The Hall–Kier alpha value is -4.71. The molecule has 2 heterocycles. The van der Waals surface area contributed by atoms with Crippen LogP contribution in [-0.2, 0) is 38.1 Å². The first-order chi connectivity index (χ1) is 26.8. The second-order valence-corrected chi connectivity index (χ2v) is 17.3. The normalized spacial score (nSPS) is 33.5. The maximum Gasteiger partial charge on any atom is 0.408 e. The van der Waals surface area contributed by atoms with Gasteiger partial charge in [0.05, 0.1) is 35.9 Å². The van der Waals surface area contributed by atoms with Crippen molar-refractivity contribution in [3.8, 4) is 0 Å². The molecule has 2 saturated carbocycles. The number of furan rings is 1. The molecule has 15 nitrogen and oxygen atoms in total. The lowest BCUT2D eigenvalue weighted by atomic mass is 9.44. The van der Waals surface area contributed by atoms with Gasteiger partial charge in [0.1, 0.15) is 41.4 Å². The largest absolute Gasteiger partial charge is 0.467 e. The van der Waals surface area contributed by atoms with Crippen molar-refractivity contribution < 1.29 is 76.2 Å². The number of alkyl carbamates (subject to hydrolysis) is 1. The molecule has 316 valence electrons. The molecule has 58 heavy (non-hydrogen) atoms. The van der Waals surface area contributed by atoms with Gasteiger partial charge in [0.25, 0.3) is 0 Å². The molecule has 0 radical (unpaired) electrons.